The zero-order chi connectivity index (χ0) is 13.3. The fourth-order valence-corrected chi connectivity index (χ4v) is 2.55. The standard InChI is InChI=1S/C14H17ClN2O/c1-4-11-9(2)16-17(10(11)3)14-7-5-6-13(15)12(14)8-18/h5-7,18H,4,8H2,1-3H3. The summed E-state index contributed by atoms with van der Waals surface area (Å²) in [5.74, 6) is 0. The number of nitrogens with zero attached hydrogens (tertiary/aromatic N) is 2. The smallest absolute Gasteiger partial charge is 0.0718 e. The lowest BCUT2D eigenvalue weighted by Gasteiger charge is -2.11. The van der Waals surface area contributed by atoms with E-state index in [1.165, 1.54) is 5.56 Å². The molecule has 4 heteroatoms. The molecule has 0 saturated heterocycles. The minimum atomic E-state index is -0.0885. The average molecular weight is 265 g/mol. The molecular formula is C14H17ClN2O. The molecule has 96 valence electrons. The quantitative estimate of drug-likeness (QED) is 0.925. The highest BCUT2D eigenvalue weighted by Gasteiger charge is 2.14. The van der Waals surface area contributed by atoms with Gasteiger partial charge in [0.15, 0.2) is 0 Å². The first-order valence-corrected chi connectivity index (χ1v) is 6.41. The topological polar surface area (TPSA) is 38.0 Å². The van der Waals surface area contributed by atoms with Crippen LogP contribution >= 0.6 is 11.6 Å². The highest BCUT2D eigenvalue weighted by atomic mass is 35.5. The van der Waals surface area contributed by atoms with Crippen molar-refractivity contribution in [2.45, 2.75) is 33.8 Å². The van der Waals surface area contributed by atoms with E-state index in [1.54, 1.807) is 6.07 Å². The number of hydrogen-bond donors (Lipinski definition) is 1. The van der Waals surface area contributed by atoms with Gasteiger partial charge >= 0.3 is 0 Å². The zero-order valence-electron chi connectivity index (χ0n) is 10.9. The third kappa shape index (κ3) is 2.04. The number of aliphatic hydroxyl groups is 1. The van der Waals surface area contributed by atoms with Crippen molar-refractivity contribution >= 4 is 11.6 Å². The Balaban J connectivity index is 2.66. The van der Waals surface area contributed by atoms with Crippen LogP contribution in [0, 0.1) is 13.8 Å². The number of aromatic nitrogens is 2. The van der Waals surface area contributed by atoms with Gasteiger partial charge in [-0.15, -0.1) is 0 Å². The Labute approximate surface area is 112 Å². The molecule has 0 aliphatic carbocycles. The van der Waals surface area contributed by atoms with Gasteiger partial charge in [-0.25, -0.2) is 4.68 Å². The van der Waals surface area contributed by atoms with Crippen LogP contribution in [0.3, 0.4) is 0 Å². The average Bonchev–Trinajstić information content (AvgIpc) is 2.64. The summed E-state index contributed by atoms with van der Waals surface area (Å²) in [6.45, 7) is 6.08. The molecule has 0 unspecified atom stereocenters. The molecule has 0 bridgehead atoms. The van der Waals surface area contributed by atoms with Crippen molar-refractivity contribution in [3.8, 4) is 5.69 Å². The second kappa shape index (κ2) is 5.12. The van der Waals surface area contributed by atoms with Crippen LogP contribution in [0.5, 0.6) is 0 Å². The summed E-state index contributed by atoms with van der Waals surface area (Å²) in [4.78, 5) is 0. The number of benzene rings is 1. The minimum Gasteiger partial charge on any atom is -0.392 e. The molecule has 1 heterocycles. The molecule has 0 aliphatic rings. The Bertz CT molecular complexity index is 575. The molecule has 1 aromatic carbocycles. The van der Waals surface area contributed by atoms with Gasteiger partial charge < -0.3 is 5.11 Å². The van der Waals surface area contributed by atoms with E-state index in [1.807, 2.05) is 30.7 Å². The van der Waals surface area contributed by atoms with Crippen LogP contribution in [-0.4, -0.2) is 14.9 Å². The highest BCUT2D eigenvalue weighted by molar-refractivity contribution is 6.31. The first-order chi connectivity index (χ1) is 8.60. The lowest BCUT2D eigenvalue weighted by molar-refractivity contribution is 0.281. The summed E-state index contributed by atoms with van der Waals surface area (Å²) in [7, 11) is 0. The molecular weight excluding hydrogens is 248 g/mol. The summed E-state index contributed by atoms with van der Waals surface area (Å²) in [5, 5.41) is 14.6. The van der Waals surface area contributed by atoms with Crippen molar-refractivity contribution in [2.24, 2.45) is 0 Å². The highest BCUT2D eigenvalue weighted by Crippen LogP contribution is 2.26. The maximum Gasteiger partial charge on any atom is 0.0718 e. The van der Waals surface area contributed by atoms with Gasteiger partial charge in [0.05, 0.1) is 18.0 Å². The number of halogens is 1. The van der Waals surface area contributed by atoms with Crippen LogP contribution in [0.25, 0.3) is 5.69 Å². The van der Waals surface area contributed by atoms with E-state index in [-0.39, 0.29) is 6.61 Å². The lowest BCUT2D eigenvalue weighted by Crippen LogP contribution is -2.04. The lowest BCUT2D eigenvalue weighted by atomic mass is 10.1. The van der Waals surface area contributed by atoms with Gasteiger partial charge in [0.25, 0.3) is 0 Å². The van der Waals surface area contributed by atoms with Gasteiger partial charge in [0.2, 0.25) is 0 Å². The third-order valence-electron chi connectivity index (χ3n) is 3.28. The molecule has 0 radical (unpaired) electrons. The van der Waals surface area contributed by atoms with Gasteiger partial charge in [0, 0.05) is 16.3 Å². The predicted molar refractivity (Wildman–Crippen MR) is 73.3 cm³/mol. The Hall–Kier alpha value is -1.32. The van der Waals surface area contributed by atoms with Crippen molar-refractivity contribution < 1.29 is 5.11 Å². The summed E-state index contributed by atoms with van der Waals surface area (Å²) in [6, 6.07) is 5.58. The van der Waals surface area contributed by atoms with E-state index in [0.717, 1.165) is 23.5 Å². The molecule has 0 atom stereocenters. The normalized spacial score (nSPS) is 10.9. The molecule has 18 heavy (non-hydrogen) atoms. The van der Waals surface area contributed by atoms with E-state index >= 15 is 0 Å². The summed E-state index contributed by atoms with van der Waals surface area (Å²) >= 11 is 6.11. The first-order valence-electron chi connectivity index (χ1n) is 6.03. The minimum absolute atomic E-state index is 0.0885. The van der Waals surface area contributed by atoms with Crippen LogP contribution in [-0.2, 0) is 13.0 Å². The van der Waals surface area contributed by atoms with E-state index in [2.05, 4.69) is 12.0 Å². The molecule has 1 N–H and O–H groups in total. The third-order valence-corrected chi connectivity index (χ3v) is 3.63. The summed E-state index contributed by atoms with van der Waals surface area (Å²) in [6.07, 6.45) is 0.951. The molecule has 0 spiro atoms. The van der Waals surface area contributed by atoms with Crippen LogP contribution < -0.4 is 0 Å². The number of hydrogen-bond acceptors (Lipinski definition) is 2. The van der Waals surface area contributed by atoms with Crippen molar-refractivity contribution in [3.63, 3.8) is 0 Å². The van der Waals surface area contributed by atoms with Crippen molar-refractivity contribution in [1.82, 2.24) is 9.78 Å². The molecule has 0 aliphatic heterocycles. The summed E-state index contributed by atoms with van der Waals surface area (Å²) in [5.41, 5.74) is 4.95. The Kier molecular flexibility index (Phi) is 3.73. The van der Waals surface area contributed by atoms with Crippen molar-refractivity contribution in [1.29, 1.82) is 0 Å². The number of aryl methyl sites for hydroxylation is 1. The monoisotopic (exact) mass is 264 g/mol. The molecule has 2 aromatic rings. The fraction of sp³-hybridized carbons (Fsp3) is 0.357. The van der Waals surface area contributed by atoms with E-state index < -0.39 is 0 Å². The first kappa shape index (κ1) is 13.1. The molecule has 1 aromatic heterocycles. The van der Waals surface area contributed by atoms with Gasteiger partial charge in [-0.05, 0) is 38.0 Å². The van der Waals surface area contributed by atoms with Crippen LogP contribution in [0.4, 0.5) is 0 Å². The van der Waals surface area contributed by atoms with E-state index in [9.17, 15) is 5.11 Å². The second-order valence-electron chi connectivity index (χ2n) is 4.31. The Morgan fingerprint density at radius 2 is 2.00 bits per heavy atom. The molecule has 3 nitrogen and oxygen atoms in total. The van der Waals surface area contributed by atoms with E-state index in [0.29, 0.717) is 10.6 Å². The van der Waals surface area contributed by atoms with E-state index in [4.69, 9.17) is 11.6 Å². The molecule has 0 amide bonds. The largest absolute Gasteiger partial charge is 0.392 e. The van der Waals surface area contributed by atoms with Gasteiger partial charge in [-0.2, -0.15) is 5.10 Å². The zero-order valence-corrected chi connectivity index (χ0v) is 11.6. The summed E-state index contributed by atoms with van der Waals surface area (Å²) < 4.78 is 1.87. The molecule has 0 saturated carbocycles. The predicted octanol–water partition coefficient (Wildman–Crippen LogP) is 3.20. The van der Waals surface area contributed by atoms with Gasteiger partial charge in [-0.3, -0.25) is 0 Å². The molecule has 0 fully saturated rings. The second-order valence-corrected chi connectivity index (χ2v) is 4.72. The fourth-order valence-electron chi connectivity index (χ4n) is 2.32. The number of rotatable bonds is 3. The van der Waals surface area contributed by atoms with Crippen LogP contribution in [0.2, 0.25) is 5.02 Å². The maximum atomic E-state index is 9.46. The van der Waals surface area contributed by atoms with Crippen LogP contribution in [0.1, 0.15) is 29.4 Å². The SMILES string of the molecule is CCc1c(C)nn(-c2cccc(Cl)c2CO)c1C. The number of aliphatic hydroxyl groups excluding tert-OH is 1. The maximum absolute atomic E-state index is 9.46. The van der Waals surface area contributed by atoms with Gasteiger partial charge in [0.1, 0.15) is 0 Å². The van der Waals surface area contributed by atoms with Gasteiger partial charge in [-0.1, -0.05) is 24.6 Å². The van der Waals surface area contributed by atoms with Crippen LogP contribution in [0.15, 0.2) is 18.2 Å². The Morgan fingerprint density at radius 1 is 1.28 bits per heavy atom. The van der Waals surface area contributed by atoms with Crippen molar-refractivity contribution in [2.75, 3.05) is 0 Å². The van der Waals surface area contributed by atoms with Crippen molar-refractivity contribution in [3.05, 3.63) is 45.7 Å². The Morgan fingerprint density at radius 3 is 2.56 bits per heavy atom. The molecule has 2 rings (SSSR count).